The van der Waals surface area contributed by atoms with Gasteiger partial charge >= 0.3 is 0 Å². The molecule has 0 radical (unpaired) electrons. The molecule has 1 saturated heterocycles. The van der Waals surface area contributed by atoms with Crippen LogP contribution < -0.4 is 0 Å². The largest absolute Gasteiger partial charge is 0.358 e. The topological polar surface area (TPSA) is 60.2 Å². The van der Waals surface area contributed by atoms with E-state index in [1.807, 2.05) is 27.8 Å². The van der Waals surface area contributed by atoms with Crippen LogP contribution in [0, 0.1) is 0 Å². The van der Waals surface area contributed by atoms with Crippen molar-refractivity contribution in [2.24, 2.45) is 0 Å². The number of nitrogens with zero attached hydrogens (tertiary/aromatic N) is 4. The molecule has 0 bridgehead atoms. The molecule has 2 aliphatic rings. The molecule has 6 nitrogen and oxygen atoms in total. The first-order chi connectivity index (χ1) is 13.6. The van der Waals surface area contributed by atoms with Crippen LogP contribution in [0.4, 0.5) is 0 Å². The molecule has 1 amide bonds. The molecule has 1 saturated carbocycles. The Morgan fingerprint density at radius 3 is 2.54 bits per heavy atom. The lowest BCUT2D eigenvalue weighted by Crippen LogP contribution is -2.49. The van der Waals surface area contributed by atoms with Crippen molar-refractivity contribution in [2.45, 2.75) is 77.1 Å². The lowest BCUT2D eigenvalue weighted by atomic mass is 9.95. The molecular formula is C22H30N4O2. The molecule has 0 spiro atoms. The molecule has 2 aromatic rings. The molecule has 2 fully saturated rings. The fourth-order valence-corrected chi connectivity index (χ4v) is 4.61. The number of amides is 1. The quantitative estimate of drug-likeness (QED) is 0.784. The van der Waals surface area contributed by atoms with Gasteiger partial charge in [0.05, 0.1) is 6.04 Å². The minimum Gasteiger partial charge on any atom is -0.358 e. The predicted octanol–water partition coefficient (Wildman–Crippen LogP) is 4.01. The van der Waals surface area contributed by atoms with Crippen molar-refractivity contribution in [3.8, 4) is 0 Å². The van der Waals surface area contributed by atoms with Gasteiger partial charge in [-0.05, 0) is 39.2 Å². The van der Waals surface area contributed by atoms with Gasteiger partial charge in [-0.3, -0.25) is 4.79 Å². The van der Waals surface area contributed by atoms with Crippen LogP contribution in [0.1, 0.15) is 81.7 Å². The summed E-state index contributed by atoms with van der Waals surface area (Å²) in [5.41, 5.74) is 1.07. The van der Waals surface area contributed by atoms with E-state index in [1.54, 1.807) is 0 Å². The number of morpholine rings is 1. The molecule has 4 rings (SSSR count). The standard InChI is InChI=1S/C22H30N4O2/c1-4-25-22(23-21(24-25)17-12-8-9-13-17)20-19(16-10-6-5-7-11-16)26(15(2)3)18(27)14-28-20/h5-7,10-11,15,17,19-20H,4,8-9,12-14H2,1-3H3/t19-,20+/m1/s1. The van der Waals surface area contributed by atoms with Gasteiger partial charge in [0.25, 0.3) is 0 Å². The van der Waals surface area contributed by atoms with Crippen molar-refractivity contribution in [3.05, 3.63) is 47.5 Å². The van der Waals surface area contributed by atoms with Crippen LogP contribution >= 0.6 is 0 Å². The maximum atomic E-state index is 12.7. The Morgan fingerprint density at radius 2 is 1.89 bits per heavy atom. The van der Waals surface area contributed by atoms with Gasteiger partial charge in [0.15, 0.2) is 11.6 Å². The van der Waals surface area contributed by atoms with E-state index < -0.39 is 0 Å². The van der Waals surface area contributed by atoms with Gasteiger partial charge in [-0.15, -0.1) is 0 Å². The van der Waals surface area contributed by atoms with E-state index in [4.69, 9.17) is 14.8 Å². The molecule has 0 N–H and O–H groups in total. The zero-order valence-electron chi connectivity index (χ0n) is 17.0. The summed E-state index contributed by atoms with van der Waals surface area (Å²) in [5.74, 6) is 2.26. The van der Waals surface area contributed by atoms with Crippen molar-refractivity contribution < 1.29 is 9.53 Å². The van der Waals surface area contributed by atoms with Crippen molar-refractivity contribution in [1.29, 1.82) is 0 Å². The van der Waals surface area contributed by atoms with Crippen molar-refractivity contribution in [1.82, 2.24) is 19.7 Å². The highest BCUT2D eigenvalue weighted by Gasteiger charge is 2.42. The number of benzene rings is 1. The smallest absolute Gasteiger partial charge is 0.249 e. The Morgan fingerprint density at radius 1 is 1.18 bits per heavy atom. The van der Waals surface area contributed by atoms with Gasteiger partial charge in [0.2, 0.25) is 5.91 Å². The summed E-state index contributed by atoms with van der Waals surface area (Å²) < 4.78 is 8.10. The Bertz CT molecular complexity index is 811. The summed E-state index contributed by atoms with van der Waals surface area (Å²) in [5, 5.41) is 4.83. The van der Waals surface area contributed by atoms with Crippen LogP contribution in [-0.2, 0) is 16.1 Å². The summed E-state index contributed by atoms with van der Waals surface area (Å²) in [6, 6.07) is 10.0. The second-order valence-corrected chi connectivity index (χ2v) is 8.11. The molecule has 1 aliphatic heterocycles. The number of aromatic nitrogens is 3. The first-order valence-corrected chi connectivity index (χ1v) is 10.5. The van der Waals surface area contributed by atoms with E-state index in [9.17, 15) is 4.79 Å². The Hall–Kier alpha value is -2.21. The van der Waals surface area contributed by atoms with Crippen LogP contribution in [0.5, 0.6) is 0 Å². The van der Waals surface area contributed by atoms with E-state index in [0.717, 1.165) is 36.6 Å². The first-order valence-electron chi connectivity index (χ1n) is 10.5. The number of carbonyl (C=O) groups is 1. The minimum absolute atomic E-state index is 0.0266. The van der Waals surface area contributed by atoms with Crippen molar-refractivity contribution >= 4 is 5.91 Å². The van der Waals surface area contributed by atoms with Crippen LogP contribution in [0.25, 0.3) is 0 Å². The predicted molar refractivity (Wildman–Crippen MR) is 107 cm³/mol. The highest BCUT2D eigenvalue weighted by Crippen LogP contribution is 2.41. The molecule has 2 atom stereocenters. The van der Waals surface area contributed by atoms with Gasteiger partial charge in [0, 0.05) is 18.5 Å². The second-order valence-electron chi connectivity index (χ2n) is 8.11. The monoisotopic (exact) mass is 382 g/mol. The Balaban J connectivity index is 1.77. The number of rotatable bonds is 5. The van der Waals surface area contributed by atoms with E-state index in [1.165, 1.54) is 12.8 Å². The molecule has 1 aromatic carbocycles. The number of aryl methyl sites for hydroxylation is 1. The van der Waals surface area contributed by atoms with Gasteiger partial charge in [-0.1, -0.05) is 43.2 Å². The Labute approximate surface area is 166 Å². The highest BCUT2D eigenvalue weighted by atomic mass is 16.5. The van der Waals surface area contributed by atoms with E-state index in [-0.39, 0.29) is 30.7 Å². The minimum atomic E-state index is -0.315. The number of ether oxygens (including phenoxy) is 1. The SMILES string of the molecule is CCn1nc(C2CCCC2)nc1[C@H]1OCC(=O)N(C(C)C)[C@@H]1c1ccccc1. The van der Waals surface area contributed by atoms with E-state index in [2.05, 4.69) is 32.9 Å². The zero-order valence-corrected chi connectivity index (χ0v) is 17.0. The summed E-state index contributed by atoms with van der Waals surface area (Å²) in [4.78, 5) is 19.6. The molecular weight excluding hydrogens is 352 g/mol. The molecule has 1 aliphatic carbocycles. The normalized spacial score (nSPS) is 23.7. The number of carbonyl (C=O) groups excluding carboxylic acids is 1. The Kier molecular flexibility index (Phi) is 5.49. The fourth-order valence-electron chi connectivity index (χ4n) is 4.61. The third kappa shape index (κ3) is 3.46. The third-order valence-electron chi connectivity index (χ3n) is 5.95. The lowest BCUT2D eigenvalue weighted by Gasteiger charge is -2.43. The van der Waals surface area contributed by atoms with Gasteiger partial charge < -0.3 is 9.64 Å². The number of hydrogen-bond donors (Lipinski definition) is 0. The molecule has 2 heterocycles. The molecule has 1 aromatic heterocycles. The fraction of sp³-hybridized carbons (Fsp3) is 0.591. The highest BCUT2D eigenvalue weighted by molar-refractivity contribution is 5.79. The molecule has 0 unspecified atom stereocenters. The van der Waals surface area contributed by atoms with Crippen LogP contribution in [-0.4, -0.2) is 38.2 Å². The third-order valence-corrected chi connectivity index (χ3v) is 5.95. The zero-order chi connectivity index (χ0) is 19.7. The summed E-state index contributed by atoms with van der Waals surface area (Å²) in [6.07, 6.45) is 4.52. The summed E-state index contributed by atoms with van der Waals surface area (Å²) >= 11 is 0. The van der Waals surface area contributed by atoms with Crippen LogP contribution in [0.15, 0.2) is 30.3 Å². The number of hydrogen-bond acceptors (Lipinski definition) is 4. The van der Waals surface area contributed by atoms with Crippen molar-refractivity contribution in [3.63, 3.8) is 0 Å². The van der Waals surface area contributed by atoms with Crippen molar-refractivity contribution in [2.75, 3.05) is 6.61 Å². The van der Waals surface area contributed by atoms with E-state index in [0.29, 0.717) is 5.92 Å². The average Bonchev–Trinajstić information content (AvgIpc) is 3.37. The molecule has 150 valence electrons. The molecule has 6 heteroatoms. The maximum absolute atomic E-state index is 12.7. The summed E-state index contributed by atoms with van der Waals surface area (Å²) in [6.45, 7) is 7.03. The van der Waals surface area contributed by atoms with Gasteiger partial charge in [-0.2, -0.15) is 5.10 Å². The van der Waals surface area contributed by atoms with Crippen LogP contribution in [0.3, 0.4) is 0 Å². The maximum Gasteiger partial charge on any atom is 0.249 e. The average molecular weight is 383 g/mol. The first kappa shape index (κ1) is 19.1. The van der Waals surface area contributed by atoms with Crippen LogP contribution in [0.2, 0.25) is 0 Å². The van der Waals surface area contributed by atoms with E-state index >= 15 is 0 Å². The lowest BCUT2D eigenvalue weighted by molar-refractivity contribution is -0.162. The van der Waals surface area contributed by atoms with Gasteiger partial charge in [0.1, 0.15) is 12.7 Å². The molecule has 28 heavy (non-hydrogen) atoms. The second kappa shape index (κ2) is 8.03. The van der Waals surface area contributed by atoms with Gasteiger partial charge in [-0.25, -0.2) is 9.67 Å². The summed E-state index contributed by atoms with van der Waals surface area (Å²) in [7, 11) is 0.